The summed E-state index contributed by atoms with van der Waals surface area (Å²) < 4.78 is 0. The van der Waals surface area contributed by atoms with Gasteiger partial charge in [0, 0.05) is 51.0 Å². The third kappa shape index (κ3) is 6.20. The second-order valence-corrected chi connectivity index (χ2v) is 6.19. The molecule has 1 aliphatic heterocycles. The molecule has 0 aliphatic carbocycles. The molecular weight excluding hydrogens is 320 g/mol. The van der Waals surface area contributed by atoms with Gasteiger partial charge in [0.25, 0.3) is 0 Å². The molecule has 4 bridgehead atoms. The van der Waals surface area contributed by atoms with Crippen molar-refractivity contribution in [3.05, 3.63) is 70.8 Å². The maximum absolute atomic E-state index is 4.50. The van der Waals surface area contributed by atoms with E-state index in [2.05, 4.69) is 56.4 Å². The molecule has 1 heterocycles. The van der Waals surface area contributed by atoms with Gasteiger partial charge >= 0.3 is 0 Å². The Kier molecular flexibility index (Phi) is 7.02. The fraction of sp³-hybridized carbons (Fsp3) is 0.273. The minimum atomic E-state index is 0.780. The van der Waals surface area contributed by atoms with E-state index in [9.17, 15) is 0 Å². The molecule has 26 heavy (non-hydrogen) atoms. The van der Waals surface area contributed by atoms with Crippen molar-refractivity contribution in [1.82, 2.24) is 0 Å². The first kappa shape index (κ1) is 17.9. The Hall–Kier alpha value is -2.88. The molecule has 4 nitrogen and oxygen atoms in total. The van der Waals surface area contributed by atoms with Gasteiger partial charge < -0.3 is 0 Å². The monoisotopic (exact) mass is 344 g/mol. The molecule has 4 heteroatoms. The van der Waals surface area contributed by atoms with Crippen molar-refractivity contribution in [3.8, 4) is 0 Å². The molecule has 0 spiro atoms. The summed E-state index contributed by atoms with van der Waals surface area (Å²) in [5, 5.41) is 0. The van der Waals surface area contributed by atoms with Crippen molar-refractivity contribution in [2.45, 2.75) is 12.8 Å². The lowest BCUT2D eigenvalue weighted by Gasteiger charge is -1.99. The van der Waals surface area contributed by atoms with Crippen LogP contribution in [0.4, 0.5) is 0 Å². The van der Waals surface area contributed by atoms with Gasteiger partial charge in [-0.05, 0) is 47.2 Å². The fourth-order valence-corrected chi connectivity index (χ4v) is 2.63. The maximum Gasteiger partial charge on any atom is 0.0407 e. The van der Waals surface area contributed by atoms with Gasteiger partial charge in [0.15, 0.2) is 0 Å². The predicted octanol–water partition coefficient (Wildman–Crippen LogP) is 3.86. The number of nitrogens with zero attached hydrogens (tertiary/aromatic N) is 4. The zero-order valence-corrected chi connectivity index (χ0v) is 15.0. The molecule has 0 radical (unpaired) electrons. The molecule has 0 saturated carbocycles. The van der Waals surface area contributed by atoms with E-state index in [0.717, 1.165) is 61.3 Å². The Balaban J connectivity index is 1.70. The van der Waals surface area contributed by atoms with Crippen molar-refractivity contribution in [2.24, 2.45) is 20.0 Å². The number of fused-ring (bicyclic) bond motifs is 4. The molecule has 0 N–H and O–H groups in total. The van der Waals surface area contributed by atoms with Crippen LogP contribution >= 0.6 is 0 Å². The Morgan fingerprint density at radius 2 is 0.769 bits per heavy atom. The summed E-state index contributed by atoms with van der Waals surface area (Å²) in [6, 6.07) is 16.5. The van der Waals surface area contributed by atoms with E-state index in [4.69, 9.17) is 0 Å². The molecule has 1 aliphatic rings. The van der Waals surface area contributed by atoms with E-state index in [1.165, 1.54) is 0 Å². The van der Waals surface area contributed by atoms with Crippen molar-refractivity contribution in [3.63, 3.8) is 0 Å². The van der Waals surface area contributed by atoms with Crippen LogP contribution in [0.5, 0.6) is 0 Å². The van der Waals surface area contributed by atoms with E-state index in [1.54, 1.807) is 0 Å². The highest BCUT2D eigenvalue weighted by atomic mass is 14.7. The number of benzene rings is 2. The SMILES string of the molecule is C1=NCCCN=Cc2cccc(c2)C=NCCCN=Cc2cccc1c2. The highest BCUT2D eigenvalue weighted by molar-refractivity contribution is 5.87. The molecule has 132 valence electrons. The molecule has 3 rings (SSSR count). The van der Waals surface area contributed by atoms with E-state index in [-0.39, 0.29) is 0 Å². The molecule has 0 fully saturated rings. The first-order valence-electron chi connectivity index (χ1n) is 9.10. The Bertz CT molecular complexity index is 690. The van der Waals surface area contributed by atoms with Crippen molar-refractivity contribution in [1.29, 1.82) is 0 Å². The zero-order chi connectivity index (χ0) is 17.9. The Morgan fingerprint density at radius 1 is 0.462 bits per heavy atom. The highest BCUT2D eigenvalue weighted by Crippen LogP contribution is 2.03. The lowest BCUT2D eigenvalue weighted by atomic mass is 10.1. The van der Waals surface area contributed by atoms with Gasteiger partial charge in [0.1, 0.15) is 0 Å². The summed E-state index contributed by atoms with van der Waals surface area (Å²) in [6.07, 6.45) is 9.59. The topological polar surface area (TPSA) is 49.4 Å². The number of aliphatic imine (C=N–C) groups is 4. The van der Waals surface area contributed by atoms with Gasteiger partial charge in [-0.3, -0.25) is 20.0 Å². The van der Waals surface area contributed by atoms with Crippen LogP contribution < -0.4 is 0 Å². The third-order valence-electron chi connectivity index (χ3n) is 3.93. The number of hydrogen-bond acceptors (Lipinski definition) is 4. The van der Waals surface area contributed by atoms with E-state index < -0.39 is 0 Å². The Labute approximate surface area is 155 Å². The van der Waals surface area contributed by atoms with Crippen LogP contribution in [-0.4, -0.2) is 51.0 Å². The predicted molar refractivity (Wildman–Crippen MR) is 112 cm³/mol. The minimum Gasteiger partial charge on any atom is -0.292 e. The second-order valence-electron chi connectivity index (χ2n) is 6.19. The van der Waals surface area contributed by atoms with E-state index in [1.807, 2.05) is 37.0 Å². The lowest BCUT2D eigenvalue weighted by molar-refractivity contribution is 0.850. The van der Waals surface area contributed by atoms with Gasteiger partial charge in [-0.15, -0.1) is 0 Å². The normalized spacial score (nSPS) is 15.7. The maximum atomic E-state index is 4.50. The molecule has 2 aromatic carbocycles. The number of hydrogen-bond donors (Lipinski definition) is 0. The van der Waals surface area contributed by atoms with Crippen LogP contribution in [0.15, 0.2) is 68.5 Å². The fourth-order valence-electron chi connectivity index (χ4n) is 2.63. The quantitative estimate of drug-likeness (QED) is 0.697. The van der Waals surface area contributed by atoms with Crippen LogP contribution in [0, 0.1) is 0 Å². The summed E-state index contributed by atoms with van der Waals surface area (Å²) in [4.78, 5) is 18.0. The van der Waals surface area contributed by atoms with Crippen LogP contribution in [0.25, 0.3) is 0 Å². The van der Waals surface area contributed by atoms with E-state index >= 15 is 0 Å². The first-order valence-corrected chi connectivity index (χ1v) is 9.10. The summed E-state index contributed by atoms with van der Waals surface area (Å²) in [5.41, 5.74) is 4.42. The van der Waals surface area contributed by atoms with Crippen molar-refractivity contribution < 1.29 is 0 Å². The minimum absolute atomic E-state index is 0.780. The average molecular weight is 344 g/mol. The van der Waals surface area contributed by atoms with Crippen molar-refractivity contribution >= 4 is 24.9 Å². The largest absolute Gasteiger partial charge is 0.292 e. The first-order chi connectivity index (χ1) is 12.9. The summed E-state index contributed by atoms with van der Waals surface area (Å²) in [6.45, 7) is 3.12. The van der Waals surface area contributed by atoms with Gasteiger partial charge in [-0.2, -0.15) is 0 Å². The van der Waals surface area contributed by atoms with Gasteiger partial charge in [0.05, 0.1) is 0 Å². The molecule has 0 saturated heterocycles. The van der Waals surface area contributed by atoms with Gasteiger partial charge in [-0.25, -0.2) is 0 Å². The zero-order valence-electron chi connectivity index (χ0n) is 15.0. The molecule has 0 aromatic heterocycles. The van der Waals surface area contributed by atoms with Crippen LogP contribution in [0.3, 0.4) is 0 Å². The highest BCUT2D eigenvalue weighted by Gasteiger charge is 1.93. The molecular formula is C22H24N4. The standard InChI is InChI=1S/C22H24N4/c1-5-19-13-20(6-1)16-24-10-4-12-26-18-22-8-2-7-21(14-22)17-25-11-3-9-23-15-19/h1-2,5-8,13-18H,3-4,9-12H2. The third-order valence-corrected chi connectivity index (χ3v) is 3.93. The van der Waals surface area contributed by atoms with Gasteiger partial charge in [-0.1, -0.05) is 36.4 Å². The number of rotatable bonds is 0. The lowest BCUT2D eigenvalue weighted by Crippen LogP contribution is -1.93. The van der Waals surface area contributed by atoms with Crippen molar-refractivity contribution in [2.75, 3.05) is 26.2 Å². The molecule has 0 atom stereocenters. The smallest absolute Gasteiger partial charge is 0.0407 e. The van der Waals surface area contributed by atoms with E-state index in [0.29, 0.717) is 0 Å². The summed E-state index contributed by atoms with van der Waals surface area (Å²) in [5.74, 6) is 0. The average Bonchev–Trinajstić information content (AvgIpc) is 2.66. The van der Waals surface area contributed by atoms with Crippen LogP contribution in [0.2, 0.25) is 0 Å². The molecule has 2 aromatic rings. The second kappa shape index (κ2) is 10.2. The summed E-state index contributed by atoms with van der Waals surface area (Å²) in [7, 11) is 0. The summed E-state index contributed by atoms with van der Waals surface area (Å²) >= 11 is 0. The molecule has 0 unspecified atom stereocenters. The van der Waals surface area contributed by atoms with Crippen LogP contribution in [-0.2, 0) is 0 Å². The Morgan fingerprint density at radius 3 is 1.08 bits per heavy atom. The molecule has 0 amide bonds. The van der Waals surface area contributed by atoms with Crippen LogP contribution in [0.1, 0.15) is 35.1 Å². The van der Waals surface area contributed by atoms with Gasteiger partial charge in [0.2, 0.25) is 0 Å².